The lowest BCUT2D eigenvalue weighted by molar-refractivity contribution is 0.147. The summed E-state index contributed by atoms with van der Waals surface area (Å²) < 4.78 is 29.5. The molecule has 31 heavy (non-hydrogen) atoms. The first-order valence-electron chi connectivity index (χ1n) is 10.4. The maximum absolute atomic E-state index is 14.9. The molecule has 1 saturated heterocycles. The van der Waals surface area contributed by atoms with Gasteiger partial charge in [0, 0.05) is 43.9 Å². The number of hydrazone groups is 1. The lowest BCUT2D eigenvalue weighted by atomic mass is 9.98. The van der Waals surface area contributed by atoms with Gasteiger partial charge in [-0.3, -0.25) is 10.3 Å². The molecule has 0 saturated carbocycles. The third-order valence-corrected chi connectivity index (χ3v) is 5.45. The number of rotatable bonds is 7. The van der Waals surface area contributed by atoms with Gasteiger partial charge in [-0.2, -0.15) is 5.10 Å². The summed E-state index contributed by atoms with van der Waals surface area (Å²) in [5.41, 5.74) is 9.20. The molecule has 1 atom stereocenters. The van der Waals surface area contributed by atoms with Gasteiger partial charge in [0.1, 0.15) is 11.6 Å². The number of nitrogens with zero attached hydrogens (tertiary/aromatic N) is 3. The Labute approximate surface area is 187 Å². The minimum Gasteiger partial charge on any atom is -0.375 e. The second-order valence-electron chi connectivity index (χ2n) is 8.24. The fraction of sp³-hybridized carbons (Fsp3) is 0.391. The Bertz CT molecular complexity index is 920. The number of hydrogen-bond acceptors (Lipinski definition) is 4. The van der Waals surface area contributed by atoms with Gasteiger partial charge in [0.2, 0.25) is 0 Å². The van der Waals surface area contributed by atoms with Crippen molar-refractivity contribution in [1.29, 1.82) is 0 Å². The molecule has 0 bridgehead atoms. The van der Waals surface area contributed by atoms with E-state index in [0.29, 0.717) is 19.0 Å². The van der Waals surface area contributed by atoms with Crippen LogP contribution in [0.15, 0.2) is 47.6 Å². The zero-order valence-corrected chi connectivity index (χ0v) is 18.7. The summed E-state index contributed by atoms with van der Waals surface area (Å²) in [7, 11) is 0. The molecular formula is C23H29F2N5S. The van der Waals surface area contributed by atoms with Crippen molar-refractivity contribution in [3.63, 3.8) is 0 Å². The minimum absolute atomic E-state index is 0.0337. The van der Waals surface area contributed by atoms with E-state index in [1.54, 1.807) is 0 Å². The van der Waals surface area contributed by atoms with Crippen molar-refractivity contribution in [2.24, 2.45) is 16.8 Å². The highest BCUT2D eigenvalue weighted by atomic mass is 32.1. The summed E-state index contributed by atoms with van der Waals surface area (Å²) in [6.45, 7) is 7.30. The van der Waals surface area contributed by atoms with Gasteiger partial charge in [-0.25, -0.2) is 8.78 Å². The molecule has 3 rings (SSSR count). The lowest BCUT2D eigenvalue weighted by Crippen LogP contribution is -2.53. The number of halogens is 2. The van der Waals surface area contributed by atoms with Crippen molar-refractivity contribution in [3.8, 4) is 0 Å². The fourth-order valence-electron chi connectivity index (χ4n) is 3.96. The molecule has 2 aromatic rings. The maximum Gasteiger partial charge on any atom is 0.184 e. The Balaban J connectivity index is 1.76. The first-order valence-corrected chi connectivity index (χ1v) is 10.8. The fourth-order valence-corrected chi connectivity index (χ4v) is 4.02. The zero-order chi connectivity index (χ0) is 22.4. The van der Waals surface area contributed by atoms with Crippen molar-refractivity contribution >= 4 is 29.2 Å². The molecule has 2 aromatic carbocycles. The molecule has 5 nitrogen and oxygen atoms in total. The Morgan fingerprint density at radius 2 is 1.97 bits per heavy atom. The van der Waals surface area contributed by atoms with E-state index in [0.717, 1.165) is 25.6 Å². The van der Waals surface area contributed by atoms with Crippen LogP contribution < -0.4 is 16.1 Å². The highest BCUT2D eigenvalue weighted by Gasteiger charge is 2.29. The number of nitrogens with two attached hydrogens (primary N) is 1. The van der Waals surface area contributed by atoms with Gasteiger partial charge in [0.05, 0.1) is 11.9 Å². The van der Waals surface area contributed by atoms with Gasteiger partial charge in [-0.1, -0.05) is 44.2 Å². The molecule has 1 fully saturated rings. The van der Waals surface area contributed by atoms with Crippen LogP contribution in [0.25, 0.3) is 0 Å². The predicted molar refractivity (Wildman–Crippen MR) is 126 cm³/mol. The Kier molecular flexibility index (Phi) is 7.92. The van der Waals surface area contributed by atoms with Crippen LogP contribution in [0.2, 0.25) is 0 Å². The van der Waals surface area contributed by atoms with Crippen molar-refractivity contribution < 1.29 is 8.78 Å². The second kappa shape index (κ2) is 10.6. The van der Waals surface area contributed by atoms with Crippen molar-refractivity contribution in [2.45, 2.75) is 32.9 Å². The smallest absolute Gasteiger partial charge is 0.184 e. The van der Waals surface area contributed by atoms with Crippen LogP contribution in [-0.4, -0.2) is 41.9 Å². The molecule has 1 aliphatic rings. The van der Waals surface area contributed by atoms with E-state index in [1.165, 1.54) is 17.8 Å². The van der Waals surface area contributed by atoms with E-state index in [4.69, 9.17) is 5.73 Å². The summed E-state index contributed by atoms with van der Waals surface area (Å²) in [5.74, 6) is -0.514. The standard InChI is InChI=1S/C23H29F2N5S/c1-16(2)10-19-15-30(9-8-29(19)14-17-6-4-3-5-7-17)22-12-20(24)18(11-21(22)25)13-27-28-23(26)31/h3-7,11-13,16,19H,8-10,14-15H2,1-2H3,(H3,26,28,31)/b27-13+/t19-/m0/s1. The number of thiocarbonyl (C=S) groups is 1. The molecule has 0 aliphatic carbocycles. The van der Waals surface area contributed by atoms with E-state index in [9.17, 15) is 8.78 Å². The number of piperazine rings is 1. The number of nitrogens with one attached hydrogen (secondary N) is 1. The third kappa shape index (κ3) is 6.45. The van der Waals surface area contributed by atoms with Crippen LogP contribution in [-0.2, 0) is 6.54 Å². The van der Waals surface area contributed by atoms with Crippen molar-refractivity contribution in [3.05, 3.63) is 65.2 Å². The molecule has 1 aliphatic heterocycles. The molecule has 3 N–H and O–H groups in total. The predicted octanol–water partition coefficient (Wildman–Crippen LogP) is 3.87. The zero-order valence-electron chi connectivity index (χ0n) is 17.9. The molecule has 8 heteroatoms. The summed E-state index contributed by atoms with van der Waals surface area (Å²) >= 11 is 4.64. The molecule has 0 amide bonds. The first-order chi connectivity index (χ1) is 14.8. The lowest BCUT2D eigenvalue weighted by Gasteiger charge is -2.43. The summed E-state index contributed by atoms with van der Waals surface area (Å²) in [6.07, 6.45) is 2.16. The van der Waals surface area contributed by atoms with E-state index in [2.05, 4.69) is 53.6 Å². The molecule has 0 aromatic heterocycles. The molecular weight excluding hydrogens is 416 g/mol. The highest BCUT2D eigenvalue weighted by Crippen LogP contribution is 2.28. The molecule has 1 heterocycles. The minimum atomic E-state index is -0.544. The van der Waals surface area contributed by atoms with Crippen LogP contribution in [0.5, 0.6) is 0 Å². The van der Waals surface area contributed by atoms with Crippen LogP contribution in [0.1, 0.15) is 31.4 Å². The van der Waals surface area contributed by atoms with Gasteiger partial charge < -0.3 is 10.6 Å². The van der Waals surface area contributed by atoms with Crippen molar-refractivity contribution in [1.82, 2.24) is 10.3 Å². The van der Waals surface area contributed by atoms with E-state index in [1.807, 2.05) is 23.1 Å². The largest absolute Gasteiger partial charge is 0.375 e. The van der Waals surface area contributed by atoms with Gasteiger partial charge in [0.15, 0.2) is 5.11 Å². The molecule has 0 unspecified atom stereocenters. The number of hydrogen-bond donors (Lipinski definition) is 2. The van der Waals surface area contributed by atoms with Crippen molar-refractivity contribution in [2.75, 3.05) is 24.5 Å². The third-order valence-electron chi connectivity index (χ3n) is 5.36. The van der Waals surface area contributed by atoms with Gasteiger partial charge in [-0.05, 0) is 36.2 Å². The first kappa shape index (κ1) is 23.1. The van der Waals surface area contributed by atoms with Crippen LogP contribution in [0.3, 0.4) is 0 Å². The monoisotopic (exact) mass is 445 g/mol. The quantitative estimate of drug-likeness (QED) is 0.385. The number of benzene rings is 2. The average Bonchev–Trinajstić information content (AvgIpc) is 2.72. The van der Waals surface area contributed by atoms with Crippen LogP contribution in [0.4, 0.5) is 14.5 Å². The summed E-state index contributed by atoms with van der Waals surface area (Å²) in [4.78, 5) is 4.39. The average molecular weight is 446 g/mol. The van der Waals surface area contributed by atoms with Gasteiger partial charge in [-0.15, -0.1) is 0 Å². The SMILES string of the molecule is CC(C)C[C@H]1CN(c2cc(F)c(/C=N/NC(N)=S)cc2F)CCN1Cc1ccccc1. The molecule has 0 radical (unpaired) electrons. The van der Waals surface area contributed by atoms with Crippen LogP contribution >= 0.6 is 12.2 Å². The Morgan fingerprint density at radius 3 is 2.65 bits per heavy atom. The van der Waals surface area contributed by atoms with Crippen LogP contribution in [0, 0.1) is 17.6 Å². The van der Waals surface area contributed by atoms with E-state index >= 15 is 0 Å². The van der Waals surface area contributed by atoms with E-state index < -0.39 is 11.6 Å². The summed E-state index contributed by atoms with van der Waals surface area (Å²) in [6, 6.07) is 13.0. The second-order valence-corrected chi connectivity index (χ2v) is 8.68. The Hall–Kier alpha value is -2.58. The van der Waals surface area contributed by atoms with Gasteiger partial charge >= 0.3 is 0 Å². The highest BCUT2D eigenvalue weighted by molar-refractivity contribution is 7.80. The van der Waals surface area contributed by atoms with E-state index in [-0.39, 0.29) is 22.4 Å². The Morgan fingerprint density at radius 1 is 1.23 bits per heavy atom. The topological polar surface area (TPSA) is 56.9 Å². The number of anilines is 1. The maximum atomic E-state index is 14.9. The molecule has 0 spiro atoms. The summed E-state index contributed by atoms with van der Waals surface area (Å²) in [5, 5.41) is 3.67. The normalized spacial score (nSPS) is 17.5. The van der Waals surface area contributed by atoms with Gasteiger partial charge in [0.25, 0.3) is 0 Å². The molecule has 166 valence electrons.